The van der Waals surface area contributed by atoms with Gasteiger partial charge < -0.3 is 10.2 Å². The molecular weight excluding hydrogens is 377 g/mol. The molecule has 2 heterocycles. The van der Waals surface area contributed by atoms with Gasteiger partial charge in [0.25, 0.3) is 5.91 Å². The third-order valence-electron chi connectivity index (χ3n) is 4.25. The topological polar surface area (TPSA) is 45.2 Å². The molecule has 0 aliphatic carbocycles. The van der Waals surface area contributed by atoms with Crippen molar-refractivity contribution in [2.45, 2.75) is 26.2 Å². The van der Waals surface area contributed by atoms with E-state index in [9.17, 15) is 4.79 Å². The number of nitrogens with one attached hydrogen (secondary N) is 1. The minimum Gasteiger partial charge on any atom is -0.351 e. The second-order valence-corrected chi connectivity index (χ2v) is 8.12. The highest BCUT2D eigenvalue weighted by atomic mass is 35.5. The average molecular weight is 398 g/mol. The molecule has 25 heavy (non-hydrogen) atoms. The first-order valence-corrected chi connectivity index (χ1v) is 10.0. The Bertz CT molecular complexity index is 737. The van der Waals surface area contributed by atoms with Gasteiger partial charge in [0.1, 0.15) is 9.88 Å². The van der Waals surface area contributed by atoms with E-state index in [2.05, 4.69) is 15.2 Å². The molecule has 7 heteroatoms. The monoisotopic (exact) mass is 397 g/mol. The fourth-order valence-corrected chi connectivity index (χ4v) is 4.49. The van der Waals surface area contributed by atoms with Crippen molar-refractivity contribution in [3.05, 3.63) is 38.8 Å². The van der Waals surface area contributed by atoms with Crippen LogP contribution in [0.4, 0.5) is 0 Å². The molecular formula is C18H21Cl2N3OS. The number of carbonyl (C=O) groups is 1. The lowest BCUT2D eigenvalue weighted by Gasteiger charge is -2.14. The van der Waals surface area contributed by atoms with Crippen LogP contribution in [0.2, 0.25) is 10.0 Å². The average Bonchev–Trinajstić information content (AvgIpc) is 3.20. The first kappa shape index (κ1) is 18.6. The van der Waals surface area contributed by atoms with Gasteiger partial charge in [-0.25, -0.2) is 4.98 Å². The van der Waals surface area contributed by atoms with Gasteiger partial charge in [-0.3, -0.25) is 4.79 Å². The van der Waals surface area contributed by atoms with Gasteiger partial charge in [-0.2, -0.15) is 0 Å². The maximum Gasteiger partial charge on any atom is 0.263 e. The molecule has 1 aromatic carbocycles. The first-order valence-electron chi connectivity index (χ1n) is 8.47. The van der Waals surface area contributed by atoms with Gasteiger partial charge in [-0.15, -0.1) is 11.3 Å². The number of rotatable bonds is 6. The molecule has 0 atom stereocenters. The summed E-state index contributed by atoms with van der Waals surface area (Å²) < 4.78 is 0. The smallest absolute Gasteiger partial charge is 0.263 e. The number of amides is 1. The van der Waals surface area contributed by atoms with Gasteiger partial charge in [0.2, 0.25) is 0 Å². The Balaban J connectivity index is 1.60. The Hall–Kier alpha value is -1.14. The molecule has 1 aliphatic heterocycles. The van der Waals surface area contributed by atoms with Crippen LogP contribution in [0.1, 0.15) is 34.6 Å². The highest BCUT2D eigenvalue weighted by Gasteiger charge is 2.17. The number of hydrogen-bond acceptors (Lipinski definition) is 4. The summed E-state index contributed by atoms with van der Waals surface area (Å²) in [6.45, 7) is 5.96. The van der Waals surface area contributed by atoms with Crippen molar-refractivity contribution < 1.29 is 4.79 Å². The zero-order valence-corrected chi connectivity index (χ0v) is 16.5. The van der Waals surface area contributed by atoms with Crippen molar-refractivity contribution in [3.8, 4) is 10.6 Å². The molecule has 0 bridgehead atoms. The van der Waals surface area contributed by atoms with Crippen LogP contribution in [0, 0.1) is 6.92 Å². The number of benzene rings is 1. The summed E-state index contributed by atoms with van der Waals surface area (Å²) in [5.74, 6) is -0.0594. The molecule has 4 nitrogen and oxygen atoms in total. The summed E-state index contributed by atoms with van der Waals surface area (Å²) >= 11 is 13.5. The van der Waals surface area contributed by atoms with E-state index in [4.69, 9.17) is 23.2 Å². The van der Waals surface area contributed by atoms with Crippen LogP contribution >= 0.6 is 34.5 Å². The summed E-state index contributed by atoms with van der Waals surface area (Å²) in [5.41, 5.74) is 1.56. The maximum absolute atomic E-state index is 12.4. The van der Waals surface area contributed by atoms with E-state index in [1.165, 1.54) is 37.3 Å². The number of carbonyl (C=O) groups excluding carboxylic acids is 1. The molecule has 1 aliphatic rings. The minimum atomic E-state index is -0.0594. The molecule has 1 fully saturated rings. The fraction of sp³-hybridized carbons (Fsp3) is 0.444. The molecule has 0 saturated carbocycles. The summed E-state index contributed by atoms with van der Waals surface area (Å²) in [4.78, 5) is 20.0. The molecule has 2 aromatic rings. The normalized spacial score (nSPS) is 14.8. The molecule has 1 saturated heterocycles. The minimum absolute atomic E-state index is 0.0594. The summed E-state index contributed by atoms with van der Waals surface area (Å²) in [6.07, 6.45) is 3.56. The van der Waals surface area contributed by atoms with Crippen molar-refractivity contribution in [2.24, 2.45) is 0 Å². The molecule has 1 N–H and O–H groups in total. The van der Waals surface area contributed by atoms with Crippen LogP contribution in [0.5, 0.6) is 0 Å². The Kier molecular flexibility index (Phi) is 6.34. The summed E-state index contributed by atoms with van der Waals surface area (Å²) in [6, 6.07) is 5.30. The van der Waals surface area contributed by atoms with Crippen molar-refractivity contribution in [2.75, 3.05) is 26.2 Å². The number of likely N-dealkylation sites (tertiary alicyclic amines) is 1. The van der Waals surface area contributed by atoms with E-state index in [1.54, 1.807) is 6.07 Å². The lowest BCUT2D eigenvalue weighted by molar-refractivity contribution is 0.0955. The quantitative estimate of drug-likeness (QED) is 0.721. The van der Waals surface area contributed by atoms with Crippen LogP contribution in [-0.2, 0) is 0 Å². The van der Waals surface area contributed by atoms with Gasteiger partial charge in [0.05, 0.1) is 5.69 Å². The summed E-state index contributed by atoms with van der Waals surface area (Å²) in [5, 5.41) is 4.87. The van der Waals surface area contributed by atoms with Gasteiger partial charge in [-0.05, 0) is 64.0 Å². The predicted molar refractivity (Wildman–Crippen MR) is 105 cm³/mol. The van der Waals surface area contributed by atoms with Crippen LogP contribution in [0.25, 0.3) is 10.6 Å². The van der Waals surface area contributed by atoms with Gasteiger partial charge in [0.15, 0.2) is 0 Å². The summed E-state index contributed by atoms with van der Waals surface area (Å²) in [7, 11) is 0. The molecule has 0 spiro atoms. The van der Waals surface area contributed by atoms with Gasteiger partial charge in [-0.1, -0.05) is 23.2 Å². The van der Waals surface area contributed by atoms with Crippen molar-refractivity contribution in [3.63, 3.8) is 0 Å². The zero-order valence-electron chi connectivity index (χ0n) is 14.1. The van der Waals surface area contributed by atoms with Crippen molar-refractivity contribution >= 4 is 40.4 Å². The molecule has 1 amide bonds. The van der Waals surface area contributed by atoms with Gasteiger partial charge >= 0.3 is 0 Å². The predicted octanol–water partition coefficient (Wildman–Crippen LogP) is 4.64. The number of aryl methyl sites for hydroxylation is 1. The third kappa shape index (κ3) is 4.94. The standard InChI is InChI=1S/C18H21Cl2N3OS/c1-12-16(17(24)21-5-4-8-23-6-2-3-7-23)25-18(22-12)13-9-14(19)11-15(20)10-13/h9-11H,2-8H2,1H3,(H,21,24). The Morgan fingerprint density at radius 1 is 1.24 bits per heavy atom. The van der Waals surface area contributed by atoms with Gasteiger partial charge in [0, 0.05) is 22.2 Å². The largest absolute Gasteiger partial charge is 0.351 e. The van der Waals surface area contributed by atoms with Crippen LogP contribution < -0.4 is 5.32 Å². The second-order valence-electron chi connectivity index (χ2n) is 6.25. The Labute approximate surface area is 162 Å². The molecule has 0 radical (unpaired) electrons. The number of aromatic nitrogens is 1. The fourth-order valence-electron chi connectivity index (χ4n) is 3.00. The SMILES string of the molecule is Cc1nc(-c2cc(Cl)cc(Cl)c2)sc1C(=O)NCCCN1CCCC1. The molecule has 1 aromatic heterocycles. The van der Waals surface area contributed by atoms with Crippen LogP contribution in [0.15, 0.2) is 18.2 Å². The number of hydrogen-bond donors (Lipinski definition) is 1. The molecule has 3 rings (SSSR count). The van der Waals surface area contributed by atoms with E-state index < -0.39 is 0 Å². The molecule has 0 unspecified atom stereocenters. The highest BCUT2D eigenvalue weighted by molar-refractivity contribution is 7.17. The van der Waals surface area contributed by atoms with E-state index in [0.29, 0.717) is 21.5 Å². The van der Waals surface area contributed by atoms with E-state index in [-0.39, 0.29) is 5.91 Å². The van der Waals surface area contributed by atoms with E-state index in [0.717, 1.165) is 29.2 Å². The van der Waals surface area contributed by atoms with Crippen LogP contribution in [0.3, 0.4) is 0 Å². The Morgan fingerprint density at radius 3 is 2.60 bits per heavy atom. The number of nitrogens with zero attached hydrogens (tertiary/aromatic N) is 2. The zero-order chi connectivity index (χ0) is 17.8. The lowest BCUT2D eigenvalue weighted by Crippen LogP contribution is -2.28. The highest BCUT2D eigenvalue weighted by Crippen LogP contribution is 2.31. The third-order valence-corrected chi connectivity index (χ3v) is 5.89. The lowest BCUT2D eigenvalue weighted by atomic mass is 10.2. The second kappa shape index (κ2) is 8.49. The van der Waals surface area contributed by atoms with Crippen molar-refractivity contribution in [1.82, 2.24) is 15.2 Å². The first-order chi connectivity index (χ1) is 12.0. The number of halogens is 2. The van der Waals surface area contributed by atoms with E-state index in [1.807, 2.05) is 19.1 Å². The van der Waals surface area contributed by atoms with E-state index >= 15 is 0 Å². The van der Waals surface area contributed by atoms with Crippen molar-refractivity contribution in [1.29, 1.82) is 0 Å². The van der Waals surface area contributed by atoms with Crippen LogP contribution in [-0.4, -0.2) is 42.0 Å². The number of thiazole rings is 1. The Morgan fingerprint density at radius 2 is 1.92 bits per heavy atom. The molecule has 134 valence electrons. The maximum atomic E-state index is 12.4.